The van der Waals surface area contributed by atoms with Crippen molar-refractivity contribution in [1.29, 1.82) is 0 Å². The first kappa shape index (κ1) is 39.3. The molecule has 1 amide bonds. The minimum Gasteiger partial charge on any atom is -0.454 e. The van der Waals surface area contributed by atoms with Crippen molar-refractivity contribution in [3.63, 3.8) is 0 Å². The molecule has 1 aliphatic heterocycles. The smallest absolute Gasteiger partial charge is 0.422 e. The zero-order chi connectivity index (χ0) is 39.7. The van der Waals surface area contributed by atoms with E-state index in [0.717, 1.165) is 50.9 Å². The van der Waals surface area contributed by atoms with Crippen LogP contribution in [0.4, 0.5) is 42.1 Å². The largest absolute Gasteiger partial charge is 0.454 e. The molecule has 56 heavy (non-hydrogen) atoms. The van der Waals surface area contributed by atoms with Gasteiger partial charge in [-0.05, 0) is 99.0 Å². The van der Waals surface area contributed by atoms with Crippen LogP contribution < -0.4 is 42.2 Å². The number of halogens is 4. The fraction of sp³-hybridized carbons (Fsp3) is 0.487. The summed E-state index contributed by atoms with van der Waals surface area (Å²) >= 11 is 6.05. The molecule has 0 atom stereocenters. The van der Waals surface area contributed by atoms with E-state index >= 15 is 0 Å². The number of nitrogens with zero attached hydrogens (tertiary/aromatic N) is 4. The van der Waals surface area contributed by atoms with E-state index in [9.17, 15) is 27.6 Å². The van der Waals surface area contributed by atoms with Crippen molar-refractivity contribution in [3.05, 3.63) is 85.1 Å². The summed E-state index contributed by atoms with van der Waals surface area (Å²) in [5, 5.41) is 16.1. The quantitative estimate of drug-likeness (QED) is 0.0742. The van der Waals surface area contributed by atoms with Crippen LogP contribution in [0.5, 0.6) is 6.01 Å². The molecule has 3 aliphatic rings. The highest BCUT2D eigenvalue weighted by atomic mass is 35.5. The van der Waals surface area contributed by atoms with E-state index in [2.05, 4.69) is 46.4 Å². The van der Waals surface area contributed by atoms with Crippen molar-refractivity contribution < 1.29 is 22.7 Å². The van der Waals surface area contributed by atoms with Crippen LogP contribution in [0.1, 0.15) is 68.3 Å². The van der Waals surface area contributed by atoms with Gasteiger partial charge >= 0.3 is 12.2 Å². The maximum Gasteiger partial charge on any atom is 0.422 e. The molecule has 2 saturated carbocycles. The lowest BCUT2D eigenvalue weighted by Crippen LogP contribution is -2.43. The number of nitrogens with one attached hydrogen (secondary N) is 5. The van der Waals surface area contributed by atoms with Crippen LogP contribution in [0.3, 0.4) is 0 Å². The number of anilines is 5. The number of hydrogen-bond acceptors (Lipinski definition) is 12. The van der Waals surface area contributed by atoms with Gasteiger partial charge in [-0.25, -0.2) is 0 Å². The molecular weight excluding hydrogens is 751 g/mol. The van der Waals surface area contributed by atoms with Crippen molar-refractivity contribution in [2.24, 2.45) is 10.8 Å². The second-order valence-corrected chi connectivity index (χ2v) is 16.5. The molecule has 5 N–H and O–H groups in total. The van der Waals surface area contributed by atoms with Gasteiger partial charge in [-0.1, -0.05) is 37.6 Å². The van der Waals surface area contributed by atoms with E-state index in [0.29, 0.717) is 40.7 Å². The van der Waals surface area contributed by atoms with Crippen LogP contribution in [-0.2, 0) is 5.54 Å². The maximum absolute atomic E-state index is 13.1. The summed E-state index contributed by atoms with van der Waals surface area (Å²) in [4.78, 5) is 53.0. The number of rotatable bonds is 18. The molecule has 3 aromatic carbocycles. The van der Waals surface area contributed by atoms with E-state index in [1.807, 2.05) is 26.0 Å². The van der Waals surface area contributed by atoms with Crippen molar-refractivity contribution in [3.8, 4) is 6.01 Å². The van der Waals surface area contributed by atoms with Crippen LogP contribution in [0.2, 0.25) is 5.02 Å². The third-order valence-corrected chi connectivity index (χ3v) is 10.9. The van der Waals surface area contributed by atoms with Crippen LogP contribution in [0.25, 0.3) is 0 Å². The number of amides is 1. The first-order chi connectivity index (χ1) is 26.6. The Labute approximate surface area is 326 Å². The molecule has 1 aromatic heterocycles. The van der Waals surface area contributed by atoms with Crippen molar-refractivity contribution >= 4 is 46.5 Å². The molecule has 4 aromatic rings. The van der Waals surface area contributed by atoms with Gasteiger partial charge in [0, 0.05) is 47.9 Å². The predicted octanol–water partition coefficient (Wildman–Crippen LogP) is 6.06. The van der Waals surface area contributed by atoms with Gasteiger partial charge in [-0.3, -0.25) is 14.4 Å². The van der Waals surface area contributed by atoms with Gasteiger partial charge in [-0.15, -0.1) is 0 Å². The van der Waals surface area contributed by atoms with Crippen molar-refractivity contribution in [1.82, 2.24) is 25.2 Å². The van der Waals surface area contributed by atoms with E-state index in [1.54, 1.807) is 36.4 Å². The first-order valence-electron chi connectivity index (χ1n) is 18.8. The molecule has 0 bridgehead atoms. The number of hydrogen-bond donors (Lipinski definition) is 5. The molecule has 2 aliphatic carbocycles. The number of benzene rings is 2. The molecule has 0 unspecified atom stereocenters. The van der Waals surface area contributed by atoms with Gasteiger partial charge in [0.2, 0.25) is 11.9 Å². The highest BCUT2D eigenvalue weighted by Gasteiger charge is 2.46. The molecule has 3 fully saturated rings. The lowest BCUT2D eigenvalue weighted by molar-refractivity contribution is -0.154. The molecular formula is C39H45ClF3N9O4. The minimum absolute atomic E-state index is 0.0249. The van der Waals surface area contributed by atoms with E-state index < -0.39 is 40.6 Å². The fourth-order valence-electron chi connectivity index (χ4n) is 6.91. The summed E-state index contributed by atoms with van der Waals surface area (Å²) < 4.78 is 43.8. The van der Waals surface area contributed by atoms with Gasteiger partial charge in [0.05, 0.1) is 5.54 Å². The summed E-state index contributed by atoms with van der Waals surface area (Å²) in [5.41, 5.74) is 0.514. The van der Waals surface area contributed by atoms with Gasteiger partial charge in [0.25, 0.3) is 16.8 Å². The Hall–Kier alpha value is -4.96. The Kier molecular flexibility index (Phi) is 10.9. The second-order valence-electron chi connectivity index (χ2n) is 16.0. The van der Waals surface area contributed by atoms with E-state index in [-0.39, 0.29) is 29.8 Å². The summed E-state index contributed by atoms with van der Waals surface area (Å²) in [5.74, 6) is -0.371. The molecule has 1 saturated heterocycles. The molecule has 0 radical (unpaired) electrons. The normalized spacial score (nSPS) is 17.3. The lowest BCUT2D eigenvalue weighted by atomic mass is 9.92. The average Bonchev–Trinajstić information content (AvgIpc) is 4.06. The molecule has 7 rings (SSSR count). The molecule has 13 nitrogen and oxygen atoms in total. The number of carbonyl (C=O) groups is 1. The van der Waals surface area contributed by atoms with Gasteiger partial charge in [-0.2, -0.15) is 28.1 Å². The Balaban J connectivity index is 0.930. The number of alkyl halides is 3. The lowest BCUT2D eigenvalue weighted by Gasteiger charge is -2.28. The van der Waals surface area contributed by atoms with Crippen molar-refractivity contribution in [2.45, 2.75) is 64.1 Å². The fourth-order valence-corrected chi connectivity index (χ4v) is 7.03. The predicted molar refractivity (Wildman–Crippen MR) is 209 cm³/mol. The van der Waals surface area contributed by atoms with E-state index in [1.165, 1.54) is 12.8 Å². The number of carbonyl (C=O) groups excluding carboxylic acids is 1. The van der Waals surface area contributed by atoms with Gasteiger partial charge in [0.1, 0.15) is 11.4 Å². The topological polar surface area (TPSA) is 162 Å². The zero-order valence-electron chi connectivity index (χ0n) is 31.2. The van der Waals surface area contributed by atoms with Crippen LogP contribution in [-0.4, -0.2) is 77.8 Å². The SMILES string of the molecule is CC(C)(CNC(=O)c1ccc(Nc2nc(NC3(c4ccc(Cl)cc4)CC3)nc(OCC(F)(F)F)n2)cc1)CNc1c(NCC2(CN3CCCC3)CC2)c(=O)c1=O. The molecule has 2 heterocycles. The zero-order valence-corrected chi connectivity index (χ0v) is 32.0. The van der Waals surface area contributed by atoms with Gasteiger partial charge in [0.15, 0.2) is 6.61 Å². The summed E-state index contributed by atoms with van der Waals surface area (Å²) in [6.45, 7) is 6.82. The second kappa shape index (κ2) is 15.5. The Morgan fingerprint density at radius 3 is 2.12 bits per heavy atom. The Bertz CT molecular complexity index is 2110. The highest BCUT2D eigenvalue weighted by Crippen LogP contribution is 2.48. The van der Waals surface area contributed by atoms with Crippen LogP contribution in [0, 0.1) is 10.8 Å². The van der Waals surface area contributed by atoms with Crippen molar-refractivity contribution in [2.75, 3.05) is 67.1 Å². The summed E-state index contributed by atoms with van der Waals surface area (Å²) in [6, 6.07) is 13.1. The van der Waals surface area contributed by atoms with Crippen LogP contribution in [0.15, 0.2) is 58.1 Å². The monoisotopic (exact) mass is 795 g/mol. The summed E-state index contributed by atoms with van der Waals surface area (Å²) in [6.07, 6.45) is 1.56. The van der Waals surface area contributed by atoms with Gasteiger partial charge < -0.3 is 36.2 Å². The maximum atomic E-state index is 13.1. The molecule has 298 valence electrons. The number of ether oxygens (including phenoxy) is 1. The Morgan fingerprint density at radius 1 is 0.857 bits per heavy atom. The first-order valence-corrected chi connectivity index (χ1v) is 19.2. The molecule has 0 spiro atoms. The minimum atomic E-state index is -4.60. The number of aromatic nitrogens is 3. The average molecular weight is 796 g/mol. The summed E-state index contributed by atoms with van der Waals surface area (Å²) in [7, 11) is 0. The van der Waals surface area contributed by atoms with Crippen LogP contribution >= 0.6 is 11.6 Å². The number of likely N-dealkylation sites (tertiary alicyclic amines) is 1. The van der Waals surface area contributed by atoms with E-state index in [4.69, 9.17) is 16.3 Å². The highest BCUT2D eigenvalue weighted by molar-refractivity contribution is 6.30. The Morgan fingerprint density at radius 2 is 1.50 bits per heavy atom. The third-order valence-electron chi connectivity index (χ3n) is 10.6. The molecule has 17 heteroatoms. The third kappa shape index (κ3) is 9.70. The standard InChI is InChI=1S/C39H45ClF3N9O4/c1-36(2,19-44-28-29(31(54)30(28)53)45-21-37(13-14-37)22-52-17-3-4-18-52)20-46-32(55)24-5-11-27(12-6-24)47-33-48-34(50-35(49-33)56-23-39(41,42)43)51-38(15-16-38)25-7-9-26(40)10-8-25/h5-12,44-45H,3-4,13-23H2,1-2H3,(H,46,55)(H2,47,48,49,50,51).